The zero-order valence-corrected chi connectivity index (χ0v) is 19.8. The van der Waals surface area contributed by atoms with E-state index in [-0.39, 0.29) is 35.1 Å². The minimum atomic E-state index is -3.68. The third-order valence-electron chi connectivity index (χ3n) is 5.17. The predicted molar refractivity (Wildman–Crippen MR) is 117 cm³/mol. The van der Waals surface area contributed by atoms with Crippen LogP contribution in [0.3, 0.4) is 0 Å². The molecule has 0 aliphatic carbocycles. The fourth-order valence-electron chi connectivity index (χ4n) is 3.40. The van der Waals surface area contributed by atoms with Crippen molar-refractivity contribution in [2.24, 2.45) is 5.92 Å². The fraction of sp³-hybridized carbons (Fsp3) is 0.650. The van der Waals surface area contributed by atoms with Crippen molar-refractivity contribution in [3.63, 3.8) is 0 Å². The van der Waals surface area contributed by atoms with E-state index in [1.807, 2.05) is 0 Å². The van der Waals surface area contributed by atoms with Gasteiger partial charge >= 0.3 is 0 Å². The Labute approximate surface area is 180 Å². The van der Waals surface area contributed by atoms with E-state index in [4.69, 9.17) is 0 Å². The normalized spacial score (nSPS) is 18.4. The minimum absolute atomic E-state index is 0.0188. The average molecular weight is 460 g/mol. The molecular formula is C20H33N3O5S2. The van der Waals surface area contributed by atoms with Crippen molar-refractivity contribution in [2.75, 3.05) is 32.4 Å². The molecule has 2 rings (SSSR count). The molecule has 1 fully saturated rings. The van der Waals surface area contributed by atoms with Gasteiger partial charge in [0.15, 0.2) is 0 Å². The minimum Gasteiger partial charge on any atom is -0.342 e. The number of likely N-dealkylation sites (tertiary alicyclic amines) is 1. The highest BCUT2D eigenvalue weighted by molar-refractivity contribution is 7.89. The SMILES string of the molecule is CC(C)(C)c1ccc(S(=O)(=O)NCCC(=O)N2CCCC(CNS(C)(=O)=O)C2)cc1. The van der Waals surface area contributed by atoms with Crippen molar-refractivity contribution in [3.8, 4) is 0 Å². The number of nitrogens with zero attached hydrogens (tertiary/aromatic N) is 1. The van der Waals surface area contributed by atoms with Crippen LogP contribution in [0, 0.1) is 5.92 Å². The number of hydrogen-bond donors (Lipinski definition) is 2. The topological polar surface area (TPSA) is 113 Å². The van der Waals surface area contributed by atoms with Gasteiger partial charge in [-0.15, -0.1) is 0 Å². The summed E-state index contributed by atoms with van der Waals surface area (Å²) in [4.78, 5) is 14.3. The van der Waals surface area contributed by atoms with Crippen molar-refractivity contribution < 1.29 is 21.6 Å². The molecular weight excluding hydrogens is 426 g/mol. The molecule has 1 atom stereocenters. The van der Waals surface area contributed by atoms with Gasteiger partial charge in [0.25, 0.3) is 0 Å². The third kappa shape index (κ3) is 7.64. The van der Waals surface area contributed by atoms with Gasteiger partial charge in [0.2, 0.25) is 26.0 Å². The Hall–Kier alpha value is -1.49. The summed E-state index contributed by atoms with van der Waals surface area (Å²) in [5.41, 5.74) is 0.979. The van der Waals surface area contributed by atoms with Crippen molar-refractivity contribution in [1.29, 1.82) is 0 Å². The molecule has 1 heterocycles. The number of rotatable bonds is 8. The van der Waals surface area contributed by atoms with Crippen LogP contribution in [-0.2, 0) is 30.3 Å². The number of nitrogens with one attached hydrogen (secondary N) is 2. The molecule has 2 N–H and O–H groups in total. The summed E-state index contributed by atoms with van der Waals surface area (Å²) in [7, 11) is -6.94. The molecule has 1 aliphatic heterocycles. The highest BCUT2D eigenvalue weighted by atomic mass is 32.2. The largest absolute Gasteiger partial charge is 0.342 e. The van der Waals surface area contributed by atoms with Gasteiger partial charge in [-0.3, -0.25) is 4.79 Å². The highest BCUT2D eigenvalue weighted by Gasteiger charge is 2.24. The second-order valence-electron chi connectivity index (χ2n) is 8.89. The standard InChI is InChI=1S/C20H33N3O5S2/c1-20(2,3)17-7-9-18(10-8-17)30(27,28)21-12-11-19(24)23-13-5-6-16(15-23)14-22-29(4,25)26/h7-10,16,21-22H,5-6,11-15H2,1-4H3. The molecule has 0 spiro atoms. The lowest BCUT2D eigenvalue weighted by atomic mass is 9.87. The number of amides is 1. The predicted octanol–water partition coefficient (Wildman–Crippen LogP) is 1.44. The van der Waals surface area contributed by atoms with Gasteiger partial charge in [-0.2, -0.15) is 0 Å². The van der Waals surface area contributed by atoms with E-state index in [0.29, 0.717) is 19.6 Å². The van der Waals surface area contributed by atoms with Crippen LogP contribution < -0.4 is 9.44 Å². The maximum absolute atomic E-state index is 12.5. The zero-order valence-electron chi connectivity index (χ0n) is 18.1. The Morgan fingerprint density at radius 3 is 2.30 bits per heavy atom. The Bertz CT molecular complexity index is 936. The van der Waals surface area contributed by atoms with Gasteiger partial charge < -0.3 is 4.90 Å². The molecule has 1 aromatic carbocycles. The lowest BCUT2D eigenvalue weighted by molar-refractivity contribution is -0.132. The summed E-state index contributed by atoms with van der Waals surface area (Å²) in [5.74, 6) is -0.0692. The Morgan fingerprint density at radius 1 is 1.10 bits per heavy atom. The summed E-state index contributed by atoms with van der Waals surface area (Å²) in [5, 5.41) is 0. The van der Waals surface area contributed by atoms with Gasteiger partial charge in [-0.25, -0.2) is 26.3 Å². The Kier molecular flexibility index (Phi) is 8.06. The van der Waals surface area contributed by atoms with E-state index in [9.17, 15) is 21.6 Å². The van der Waals surface area contributed by atoms with Crippen LogP contribution in [0.15, 0.2) is 29.2 Å². The number of sulfonamides is 2. The fourth-order valence-corrected chi connectivity index (χ4v) is 4.97. The molecule has 8 nitrogen and oxygen atoms in total. The monoisotopic (exact) mass is 459 g/mol. The summed E-state index contributed by atoms with van der Waals surface area (Å²) in [6, 6.07) is 6.76. The van der Waals surface area contributed by atoms with E-state index in [0.717, 1.165) is 24.7 Å². The molecule has 1 unspecified atom stereocenters. The highest BCUT2D eigenvalue weighted by Crippen LogP contribution is 2.23. The number of piperidine rings is 1. The summed E-state index contributed by atoms with van der Waals surface area (Å²) in [6.07, 6.45) is 2.82. The van der Waals surface area contributed by atoms with Gasteiger partial charge in [0, 0.05) is 32.6 Å². The molecule has 0 bridgehead atoms. The first-order chi connectivity index (χ1) is 13.8. The molecule has 1 aliphatic rings. The second-order valence-corrected chi connectivity index (χ2v) is 12.5. The maximum atomic E-state index is 12.5. The molecule has 170 valence electrons. The van der Waals surface area contributed by atoms with Gasteiger partial charge in [0.1, 0.15) is 0 Å². The number of hydrogen-bond acceptors (Lipinski definition) is 5. The number of carbonyl (C=O) groups is 1. The van der Waals surface area contributed by atoms with E-state index < -0.39 is 20.0 Å². The Morgan fingerprint density at radius 2 is 1.73 bits per heavy atom. The lowest BCUT2D eigenvalue weighted by Gasteiger charge is -2.32. The van der Waals surface area contributed by atoms with Crippen LogP contribution in [0.2, 0.25) is 0 Å². The average Bonchev–Trinajstić information content (AvgIpc) is 2.65. The quantitative estimate of drug-likeness (QED) is 0.611. The number of benzene rings is 1. The van der Waals surface area contributed by atoms with Crippen LogP contribution in [0.4, 0.5) is 0 Å². The van der Waals surface area contributed by atoms with Gasteiger partial charge in [-0.1, -0.05) is 32.9 Å². The van der Waals surface area contributed by atoms with Crippen LogP contribution in [0.1, 0.15) is 45.6 Å². The van der Waals surface area contributed by atoms with Gasteiger partial charge in [0.05, 0.1) is 11.2 Å². The lowest BCUT2D eigenvalue weighted by Crippen LogP contribution is -2.44. The first-order valence-corrected chi connectivity index (χ1v) is 13.5. The van der Waals surface area contributed by atoms with Crippen molar-refractivity contribution in [2.45, 2.75) is 50.3 Å². The van der Waals surface area contributed by atoms with E-state index in [1.54, 1.807) is 29.2 Å². The summed E-state index contributed by atoms with van der Waals surface area (Å²) in [6.45, 7) is 7.58. The van der Waals surface area contributed by atoms with E-state index in [2.05, 4.69) is 30.2 Å². The zero-order chi connectivity index (χ0) is 22.6. The second kappa shape index (κ2) is 9.76. The molecule has 30 heavy (non-hydrogen) atoms. The van der Waals surface area contributed by atoms with E-state index in [1.165, 1.54) is 0 Å². The van der Waals surface area contributed by atoms with Crippen LogP contribution in [-0.4, -0.2) is 60.1 Å². The van der Waals surface area contributed by atoms with Crippen molar-refractivity contribution >= 4 is 26.0 Å². The first-order valence-electron chi connectivity index (χ1n) is 10.1. The first kappa shape index (κ1) is 24.8. The van der Waals surface area contributed by atoms with Gasteiger partial charge in [-0.05, 0) is 41.9 Å². The van der Waals surface area contributed by atoms with Crippen molar-refractivity contribution in [1.82, 2.24) is 14.3 Å². The smallest absolute Gasteiger partial charge is 0.240 e. The van der Waals surface area contributed by atoms with Crippen LogP contribution in [0.25, 0.3) is 0 Å². The van der Waals surface area contributed by atoms with Crippen molar-refractivity contribution in [3.05, 3.63) is 29.8 Å². The maximum Gasteiger partial charge on any atom is 0.240 e. The molecule has 0 radical (unpaired) electrons. The summed E-state index contributed by atoms with van der Waals surface area (Å²) < 4.78 is 52.4. The molecule has 10 heteroatoms. The third-order valence-corrected chi connectivity index (χ3v) is 7.34. The Balaban J connectivity index is 1.85. The molecule has 0 aromatic heterocycles. The molecule has 1 amide bonds. The van der Waals surface area contributed by atoms with Crippen LogP contribution >= 0.6 is 0 Å². The molecule has 1 saturated heterocycles. The number of carbonyl (C=O) groups excluding carboxylic acids is 1. The van der Waals surface area contributed by atoms with E-state index >= 15 is 0 Å². The van der Waals surface area contributed by atoms with Crippen LogP contribution in [0.5, 0.6) is 0 Å². The molecule has 0 saturated carbocycles. The molecule has 1 aromatic rings. The summed E-state index contributed by atoms with van der Waals surface area (Å²) >= 11 is 0.